The fourth-order valence-corrected chi connectivity index (χ4v) is 1.00. The molecule has 1 aromatic carbocycles. The summed E-state index contributed by atoms with van der Waals surface area (Å²) in [6.45, 7) is 1.88. The van der Waals surface area contributed by atoms with Crippen molar-refractivity contribution in [3.63, 3.8) is 0 Å². The molecule has 3 nitrogen and oxygen atoms in total. The van der Waals surface area contributed by atoms with Crippen molar-refractivity contribution in [1.82, 2.24) is 0 Å². The van der Waals surface area contributed by atoms with Gasteiger partial charge in [-0.15, -0.1) is 0 Å². The van der Waals surface area contributed by atoms with Crippen LogP contribution in [-0.4, -0.2) is 6.10 Å². The van der Waals surface area contributed by atoms with Crippen molar-refractivity contribution in [2.24, 2.45) is 0 Å². The number of hydrogen-bond acceptors (Lipinski definition) is 3. The molecule has 0 aliphatic heterocycles. The Balaban J connectivity index is 2.78. The Bertz CT molecular complexity index is 387. The summed E-state index contributed by atoms with van der Waals surface area (Å²) in [5.74, 6) is 0.567. The normalized spacial score (nSPS) is 11.1. The van der Waals surface area contributed by atoms with Gasteiger partial charge in [-0.05, 0) is 24.6 Å². The van der Waals surface area contributed by atoms with E-state index in [1.165, 1.54) is 0 Å². The van der Waals surface area contributed by atoms with Crippen LogP contribution in [-0.2, 0) is 0 Å². The molecule has 1 aromatic rings. The van der Waals surface area contributed by atoms with Crippen molar-refractivity contribution < 1.29 is 4.74 Å². The van der Waals surface area contributed by atoms with E-state index in [2.05, 4.69) is 0 Å². The van der Waals surface area contributed by atoms with E-state index in [9.17, 15) is 0 Å². The minimum absolute atomic E-state index is 0.441. The van der Waals surface area contributed by atoms with Crippen LogP contribution in [0.5, 0.6) is 5.75 Å². The van der Waals surface area contributed by atoms with Gasteiger partial charge in [-0.3, -0.25) is 0 Å². The average Bonchev–Trinajstić information content (AvgIpc) is 2.26. The summed E-state index contributed by atoms with van der Waals surface area (Å²) in [7, 11) is 0. The van der Waals surface area contributed by atoms with Gasteiger partial charge in [0.15, 0.2) is 6.10 Å². The van der Waals surface area contributed by atoms with Crippen molar-refractivity contribution in [3.8, 4) is 17.9 Å². The molecule has 70 valence electrons. The zero-order valence-corrected chi connectivity index (χ0v) is 7.90. The zero-order valence-electron chi connectivity index (χ0n) is 7.90. The molecule has 1 rings (SSSR count). The second-order valence-electron chi connectivity index (χ2n) is 2.78. The Kier molecular flexibility index (Phi) is 3.52. The molecule has 0 amide bonds. The number of nitrogens with zero attached hydrogens (tertiary/aromatic N) is 2. The van der Waals surface area contributed by atoms with Gasteiger partial charge < -0.3 is 4.74 Å². The molecule has 0 heterocycles. The summed E-state index contributed by atoms with van der Waals surface area (Å²) in [5, 5.41) is 17.3. The Morgan fingerprint density at radius 3 is 2.79 bits per heavy atom. The lowest BCUT2D eigenvalue weighted by atomic mass is 10.2. The highest BCUT2D eigenvalue weighted by Crippen LogP contribution is 2.14. The lowest BCUT2D eigenvalue weighted by molar-refractivity contribution is 0.252. The summed E-state index contributed by atoms with van der Waals surface area (Å²) in [5.41, 5.74) is 0.537. The van der Waals surface area contributed by atoms with Gasteiger partial charge >= 0.3 is 0 Å². The van der Waals surface area contributed by atoms with E-state index >= 15 is 0 Å². The van der Waals surface area contributed by atoms with Crippen LogP contribution in [0.3, 0.4) is 0 Å². The average molecular weight is 186 g/mol. The van der Waals surface area contributed by atoms with Gasteiger partial charge in [0.2, 0.25) is 0 Å². The van der Waals surface area contributed by atoms with Gasteiger partial charge in [-0.2, -0.15) is 10.5 Å². The van der Waals surface area contributed by atoms with E-state index in [1.807, 2.05) is 19.1 Å². The second kappa shape index (κ2) is 4.89. The Hall–Kier alpha value is -2.00. The van der Waals surface area contributed by atoms with Crippen LogP contribution in [0, 0.1) is 22.7 Å². The van der Waals surface area contributed by atoms with Crippen LogP contribution < -0.4 is 4.74 Å². The van der Waals surface area contributed by atoms with E-state index < -0.39 is 6.10 Å². The fourth-order valence-electron chi connectivity index (χ4n) is 1.00. The first-order chi connectivity index (χ1) is 6.80. The van der Waals surface area contributed by atoms with Crippen molar-refractivity contribution >= 4 is 0 Å². The molecule has 0 fully saturated rings. The molecule has 0 saturated heterocycles. The number of rotatable bonds is 3. The molecular weight excluding hydrogens is 176 g/mol. The summed E-state index contributed by atoms with van der Waals surface area (Å²) in [6, 6.07) is 10.8. The Morgan fingerprint density at radius 2 is 2.21 bits per heavy atom. The van der Waals surface area contributed by atoms with Crippen LogP contribution in [0.1, 0.15) is 18.9 Å². The molecule has 0 saturated carbocycles. The predicted octanol–water partition coefficient (Wildman–Crippen LogP) is 2.24. The van der Waals surface area contributed by atoms with Gasteiger partial charge in [0, 0.05) is 0 Å². The van der Waals surface area contributed by atoms with E-state index in [-0.39, 0.29) is 0 Å². The summed E-state index contributed by atoms with van der Waals surface area (Å²) < 4.78 is 5.34. The van der Waals surface area contributed by atoms with E-state index in [0.29, 0.717) is 17.7 Å². The molecule has 0 N–H and O–H groups in total. The molecule has 0 aromatic heterocycles. The smallest absolute Gasteiger partial charge is 0.184 e. The number of ether oxygens (including phenoxy) is 1. The molecule has 3 heteroatoms. The maximum absolute atomic E-state index is 8.67. The number of benzene rings is 1. The van der Waals surface area contributed by atoms with Crippen molar-refractivity contribution in [2.75, 3.05) is 0 Å². The lowest BCUT2D eigenvalue weighted by Gasteiger charge is -2.09. The van der Waals surface area contributed by atoms with Crippen LogP contribution in [0.15, 0.2) is 24.3 Å². The maximum atomic E-state index is 8.67. The Morgan fingerprint density at radius 1 is 1.43 bits per heavy atom. The van der Waals surface area contributed by atoms with Gasteiger partial charge in [-0.25, -0.2) is 0 Å². The molecule has 0 bridgehead atoms. The third-order valence-corrected chi connectivity index (χ3v) is 1.76. The van der Waals surface area contributed by atoms with Crippen LogP contribution in [0.25, 0.3) is 0 Å². The molecule has 0 spiro atoms. The van der Waals surface area contributed by atoms with E-state index in [4.69, 9.17) is 15.3 Å². The largest absolute Gasteiger partial charge is 0.476 e. The third kappa shape index (κ3) is 2.50. The van der Waals surface area contributed by atoms with Crippen LogP contribution >= 0.6 is 0 Å². The minimum atomic E-state index is -0.441. The first kappa shape index (κ1) is 10.1. The van der Waals surface area contributed by atoms with Gasteiger partial charge in [-0.1, -0.05) is 13.0 Å². The van der Waals surface area contributed by atoms with E-state index in [0.717, 1.165) is 0 Å². The third-order valence-electron chi connectivity index (χ3n) is 1.76. The van der Waals surface area contributed by atoms with Crippen LogP contribution in [0.4, 0.5) is 0 Å². The Labute approximate surface area is 83.2 Å². The maximum Gasteiger partial charge on any atom is 0.184 e. The molecule has 1 atom stereocenters. The van der Waals surface area contributed by atoms with Crippen molar-refractivity contribution in [1.29, 1.82) is 10.5 Å². The minimum Gasteiger partial charge on any atom is -0.476 e. The highest BCUT2D eigenvalue weighted by molar-refractivity contribution is 5.36. The first-order valence-corrected chi connectivity index (χ1v) is 4.36. The zero-order chi connectivity index (χ0) is 10.4. The van der Waals surface area contributed by atoms with E-state index in [1.54, 1.807) is 24.3 Å². The highest BCUT2D eigenvalue weighted by Gasteiger charge is 2.05. The molecule has 0 aliphatic rings. The molecule has 14 heavy (non-hydrogen) atoms. The SMILES string of the molecule is CCC(C#N)Oc1cccc(C#N)c1. The standard InChI is InChI=1S/C11H10N2O/c1-2-10(8-13)14-11-5-3-4-9(6-11)7-12/h3-6,10H,2H2,1H3. The number of nitriles is 2. The van der Waals surface area contributed by atoms with Gasteiger partial charge in [0.25, 0.3) is 0 Å². The van der Waals surface area contributed by atoms with Crippen LogP contribution in [0.2, 0.25) is 0 Å². The number of hydrogen-bond donors (Lipinski definition) is 0. The quantitative estimate of drug-likeness (QED) is 0.727. The summed E-state index contributed by atoms with van der Waals surface area (Å²) >= 11 is 0. The molecule has 0 aliphatic carbocycles. The predicted molar refractivity (Wildman–Crippen MR) is 51.5 cm³/mol. The molecular formula is C11H10N2O. The van der Waals surface area contributed by atoms with Gasteiger partial charge in [0.1, 0.15) is 11.8 Å². The molecule has 0 radical (unpaired) electrons. The van der Waals surface area contributed by atoms with Crippen molar-refractivity contribution in [2.45, 2.75) is 19.4 Å². The van der Waals surface area contributed by atoms with Crippen molar-refractivity contribution in [3.05, 3.63) is 29.8 Å². The summed E-state index contributed by atoms with van der Waals surface area (Å²) in [4.78, 5) is 0. The first-order valence-electron chi connectivity index (χ1n) is 4.36. The molecule has 1 unspecified atom stereocenters. The highest BCUT2D eigenvalue weighted by atomic mass is 16.5. The summed E-state index contributed by atoms with van der Waals surface area (Å²) in [6.07, 6.45) is 0.191. The lowest BCUT2D eigenvalue weighted by Crippen LogP contribution is -2.12. The van der Waals surface area contributed by atoms with Gasteiger partial charge in [0.05, 0.1) is 11.6 Å². The fraction of sp³-hybridized carbons (Fsp3) is 0.273. The topological polar surface area (TPSA) is 56.8 Å². The second-order valence-corrected chi connectivity index (χ2v) is 2.78. The monoisotopic (exact) mass is 186 g/mol.